The largest absolute Gasteiger partial charge is 0.501 e. The van der Waals surface area contributed by atoms with Crippen LogP contribution in [0.2, 0.25) is 0 Å². The summed E-state index contributed by atoms with van der Waals surface area (Å²) in [6.45, 7) is 3.78. The van der Waals surface area contributed by atoms with Crippen LogP contribution in [0.25, 0.3) is 4.96 Å². The van der Waals surface area contributed by atoms with E-state index in [-0.39, 0.29) is 5.69 Å². The molecule has 23 heavy (non-hydrogen) atoms. The van der Waals surface area contributed by atoms with Gasteiger partial charge in [-0.2, -0.15) is 0 Å². The monoisotopic (exact) mass is 354 g/mol. The fourth-order valence-electron chi connectivity index (χ4n) is 1.65. The van der Waals surface area contributed by atoms with Crippen molar-refractivity contribution >= 4 is 38.7 Å². The van der Waals surface area contributed by atoms with Crippen LogP contribution >= 0.6 is 22.7 Å². The van der Waals surface area contributed by atoms with E-state index in [2.05, 4.69) is 14.7 Å². The molecule has 0 spiro atoms. The molecule has 0 aliphatic heterocycles. The number of hydrogen-bond donors (Lipinski definition) is 2. The molecule has 3 aromatic heterocycles. The Morgan fingerprint density at radius 3 is 2.52 bits per heavy atom. The molecule has 0 radical (unpaired) electrons. The molecule has 3 N–H and O–H groups in total. The van der Waals surface area contributed by atoms with E-state index in [4.69, 9.17) is 5.73 Å². The molecule has 0 aromatic carbocycles. The highest BCUT2D eigenvalue weighted by Crippen LogP contribution is 2.17. The van der Waals surface area contributed by atoms with Crippen molar-refractivity contribution in [2.45, 2.75) is 13.8 Å². The van der Waals surface area contributed by atoms with Gasteiger partial charge in [-0.05, 0) is 13.8 Å². The number of nitrogens with two attached hydrogens (primary N) is 1. The summed E-state index contributed by atoms with van der Waals surface area (Å²) in [5.74, 6) is -1.52. The van der Waals surface area contributed by atoms with E-state index in [1.54, 1.807) is 19.3 Å². The minimum Gasteiger partial charge on any atom is -0.501 e. The van der Waals surface area contributed by atoms with Crippen LogP contribution in [0.1, 0.15) is 20.2 Å². The number of thiazole rings is 2. The quantitative estimate of drug-likeness (QED) is 0.637. The average Bonchev–Trinajstić information content (AvgIpc) is 3.07. The second-order valence-corrected chi connectivity index (χ2v) is 6.89. The smallest absolute Gasteiger partial charge is 0.360 e. The summed E-state index contributed by atoms with van der Waals surface area (Å²) in [7, 11) is 1.16. The number of anilines is 1. The molecule has 0 aliphatic carbocycles. The normalized spacial score (nSPS) is 10.2. The number of nitrogens with zero attached hydrogens (tertiary/aromatic N) is 3. The lowest BCUT2D eigenvalue weighted by molar-refractivity contribution is 0.0590. The first-order chi connectivity index (χ1) is 10.8. The van der Waals surface area contributed by atoms with Crippen LogP contribution in [-0.4, -0.2) is 32.6 Å². The van der Waals surface area contributed by atoms with Gasteiger partial charge >= 0.3 is 11.5 Å². The number of methoxy groups -OCH3 is 1. The Morgan fingerprint density at radius 2 is 2.04 bits per heavy atom. The lowest BCUT2D eigenvalue weighted by Gasteiger charge is -2.01. The summed E-state index contributed by atoms with van der Waals surface area (Å²) in [6, 6.07) is 0. The number of rotatable bonds is 1. The molecule has 3 heterocycles. The van der Waals surface area contributed by atoms with Crippen molar-refractivity contribution in [2.75, 3.05) is 12.8 Å². The SMILES string of the molecule is COC(=O)c1nc2sc(C)cn2c(=O)c1O.Cc1cnc(N)s1. The van der Waals surface area contributed by atoms with Gasteiger partial charge in [-0.1, -0.05) is 0 Å². The standard InChI is InChI=1S/C9H8N2O4S.C4H6N2S/c1-4-3-11-7(13)6(12)5(8(14)15-2)10-9(11)16-4;1-3-2-6-4(5)7-3/h3,12H,1-2H3;2H,1H3,(H2,5,6). The number of carbonyl (C=O) groups excluding carboxylic acids is 1. The molecule has 3 rings (SSSR count). The topological polar surface area (TPSA) is 120 Å². The van der Waals surface area contributed by atoms with Crippen molar-refractivity contribution in [1.82, 2.24) is 14.4 Å². The van der Waals surface area contributed by atoms with Gasteiger partial charge in [0.05, 0.1) is 7.11 Å². The number of fused-ring (bicyclic) bond motifs is 1. The zero-order valence-corrected chi connectivity index (χ0v) is 14.2. The predicted molar refractivity (Wildman–Crippen MR) is 88.3 cm³/mol. The molecular formula is C13H14N4O4S2. The Kier molecular flexibility index (Phi) is 4.96. The highest BCUT2D eigenvalue weighted by atomic mass is 32.1. The number of aryl methyl sites for hydroxylation is 2. The van der Waals surface area contributed by atoms with E-state index < -0.39 is 17.3 Å². The molecule has 0 unspecified atom stereocenters. The van der Waals surface area contributed by atoms with Crippen LogP contribution < -0.4 is 11.3 Å². The fourth-order valence-corrected chi connectivity index (χ4v) is 3.01. The number of hydrogen-bond acceptors (Lipinski definition) is 9. The minimum atomic E-state index is -0.830. The molecular weight excluding hydrogens is 340 g/mol. The lowest BCUT2D eigenvalue weighted by atomic mass is 10.4. The van der Waals surface area contributed by atoms with Crippen LogP contribution in [0.3, 0.4) is 0 Å². The summed E-state index contributed by atoms with van der Waals surface area (Å²) >= 11 is 2.76. The molecule has 0 amide bonds. The van der Waals surface area contributed by atoms with Gasteiger partial charge in [-0.25, -0.2) is 14.8 Å². The van der Waals surface area contributed by atoms with Gasteiger partial charge in [0.25, 0.3) is 0 Å². The Balaban J connectivity index is 0.000000229. The van der Waals surface area contributed by atoms with Crippen molar-refractivity contribution in [2.24, 2.45) is 0 Å². The molecule has 0 bridgehead atoms. The average molecular weight is 354 g/mol. The molecule has 0 fully saturated rings. The van der Waals surface area contributed by atoms with E-state index in [1.807, 2.05) is 6.92 Å². The third-order valence-electron chi connectivity index (χ3n) is 2.64. The zero-order valence-electron chi connectivity index (χ0n) is 12.6. The fraction of sp³-hybridized carbons (Fsp3) is 0.231. The van der Waals surface area contributed by atoms with Crippen molar-refractivity contribution in [3.05, 3.63) is 38.2 Å². The van der Waals surface area contributed by atoms with Gasteiger partial charge in [0, 0.05) is 22.1 Å². The minimum absolute atomic E-state index is 0.348. The molecule has 0 atom stereocenters. The van der Waals surface area contributed by atoms with E-state index in [1.165, 1.54) is 27.1 Å². The Labute approximate surface area is 138 Å². The summed E-state index contributed by atoms with van der Waals surface area (Å²) in [4.78, 5) is 33.0. The van der Waals surface area contributed by atoms with Gasteiger partial charge in [0.1, 0.15) is 0 Å². The first-order valence-electron chi connectivity index (χ1n) is 6.31. The molecule has 3 aromatic rings. The number of aromatic hydroxyl groups is 1. The molecule has 122 valence electrons. The Hall–Kier alpha value is -2.46. The summed E-state index contributed by atoms with van der Waals surface area (Å²) in [5, 5.41) is 10.2. The van der Waals surface area contributed by atoms with E-state index in [0.717, 1.165) is 16.9 Å². The van der Waals surface area contributed by atoms with Gasteiger partial charge in [-0.15, -0.1) is 22.7 Å². The van der Waals surface area contributed by atoms with Gasteiger partial charge in [0.2, 0.25) is 5.75 Å². The highest BCUT2D eigenvalue weighted by Gasteiger charge is 2.19. The zero-order chi connectivity index (χ0) is 17.1. The highest BCUT2D eigenvalue weighted by molar-refractivity contribution is 7.17. The molecule has 0 aliphatic rings. The maximum atomic E-state index is 11.7. The van der Waals surface area contributed by atoms with Crippen molar-refractivity contribution in [1.29, 1.82) is 0 Å². The van der Waals surface area contributed by atoms with Crippen LogP contribution in [0.5, 0.6) is 5.75 Å². The predicted octanol–water partition coefficient (Wildman–Crippen LogP) is 1.59. The number of ether oxygens (including phenoxy) is 1. The van der Waals surface area contributed by atoms with Crippen LogP contribution in [-0.2, 0) is 4.74 Å². The molecule has 8 nitrogen and oxygen atoms in total. The van der Waals surface area contributed by atoms with Crippen LogP contribution in [0, 0.1) is 13.8 Å². The number of carbonyl (C=O) groups is 1. The van der Waals surface area contributed by atoms with E-state index in [9.17, 15) is 14.7 Å². The lowest BCUT2D eigenvalue weighted by Crippen LogP contribution is -2.17. The van der Waals surface area contributed by atoms with Gasteiger partial charge in [-0.3, -0.25) is 9.20 Å². The molecule has 0 saturated heterocycles. The molecule has 0 saturated carbocycles. The van der Waals surface area contributed by atoms with Crippen LogP contribution in [0.15, 0.2) is 17.2 Å². The van der Waals surface area contributed by atoms with Gasteiger partial charge < -0.3 is 15.6 Å². The maximum Gasteiger partial charge on any atom is 0.360 e. The summed E-state index contributed by atoms with van der Waals surface area (Å²) in [5.41, 5.74) is 4.26. The summed E-state index contributed by atoms with van der Waals surface area (Å²) in [6.07, 6.45) is 3.32. The third-order valence-corrected chi connectivity index (χ3v) is 4.28. The second-order valence-electron chi connectivity index (χ2n) is 4.41. The first-order valence-corrected chi connectivity index (χ1v) is 7.94. The number of esters is 1. The van der Waals surface area contributed by atoms with Gasteiger partial charge in [0.15, 0.2) is 15.8 Å². The van der Waals surface area contributed by atoms with E-state index >= 15 is 0 Å². The number of aromatic nitrogens is 3. The third kappa shape index (κ3) is 3.66. The second kappa shape index (κ2) is 6.75. The summed E-state index contributed by atoms with van der Waals surface area (Å²) < 4.78 is 5.62. The van der Waals surface area contributed by atoms with Crippen molar-refractivity contribution < 1.29 is 14.6 Å². The van der Waals surface area contributed by atoms with Crippen molar-refractivity contribution in [3.8, 4) is 5.75 Å². The maximum absolute atomic E-state index is 11.7. The van der Waals surface area contributed by atoms with E-state index in [0.29, 0.717) is 10.1 Å². The Morgan fingerprint density at radius 1 is 1.35 bits per heavy atom. The van der Waals surface area contributed by atoms with Crippen molar-refractivity contribution in [3.63, 3.8) is 0 Å². The first kappa shape index (κ1) is 16.9. The van der Waals surface area contributed by atoms with Crippen LogP contribution in [0.4, 0.5) is 5.13 Å². The Bertz CT molecular complexity index is 896. The molecule has 10 heteroatoms. The number of nitrogen functional groups attached to an aromatic ring is 1.